The Morgan fingerprint density at radius 2 is 2.30 bits per heavy atom. The second kappa shape index (κ2) is 5.75. The predicted octanol–water partition coefficient (Wildman–Crippen LogP) is 1.26. The van der Waals surface area contributed by atoms with Crippen LogP contribution >= 0.6 is 0 Å². The van der Waals surface area contributed by atoms with Gasteiger partial charge in [0.05, 0.1) is 0 Å². The minimum atomic E-state index is -0.760. The number of likely N-dealkylation sites (N-methyl/N-ethyl adjacent to an activating group) is 1. The number of carbonyl (C=O) groups excluding carboxylic acids is 2. The zero-order valence-corrected chi connectivity index (χ0v) is 11.4. The van der Waals surface area contributed by atoms with Gasteiger partial charge in [0, 0.05) is 6.54 Å². The van der Waals surface area contributed by atoms with Crippen LogP contribution in [0.15, 0.2) is 28.7 Å². The molecule has 20 heavy (non-hydrogen) atoms. The molecule has 0 unspecified atom stereocenters. The first-order valence-corrected chi connectivity index (χ1v) is 6.23. The quantitative estimate of drug-likeness (QED) is 0.558. The number of furan rings is 1. The molecule has 2 rings (SSSR count). The van der Waals surface area contributed by atoms with Gasteiger partial charge in [-0.3, -0.25) is 10.1 Å². The van der Waals surface area contributed by atoms with E-state index in [-0.39, 0.29) is 0 Å². The van der Waals surface area contributed by atoms with E-state index in [1.165, 1.54) is 0 Å². The number of rotatable bonds is 5. The Balaban J connectivity index is 2.16. The molecule has 6 nitrogen and oxygen atoms in total. The van der Waals surface area contributed by atoms with Gasteiger partial charge in [-0.05, 0) is 37.3 Å². The minimum Gasteiger partial charge on any atom is -0.459 e. The van der Waals surface area contributed by atoms with Crippen molar-refractivity contribution in [2.24, 2.45) is 0 Å². The average Bonchev–Trinajstić information content (AvgIpc) is 2.90. The van der Waals surface area contributed by atoms with E-state index in [2.05, 4.69) is 22.5 Å². The van der Waals surface area contributed by atoms with E-state index in [9.17, 15) is 9.59 Å². The number of carbonyl (C=O) groups is 2. The van der Waals surface area contributed by atoms with E-state index in [1.54, 1.807) is 12.1 Å². The Kier molecular flexibility index (Phi) is 4.05. The maximum atomic E-state index is 11.6. The van der Waals surface area contributed by atoms with Crippen LogP contribution in [0.5, 0.6) is 0 Å². The summed E-state index contributed by atoms with van der Waals surface area (Å²) in [5.74, 6) is 0.662. The molecule has 0 bridgehead atoms. The molecule has 3 amide bonds. The molecule has 1 aliphatic heterocycles. The third-order valence-electron chi connectivity index (χ3n) is 2.91. The summed E-state index contributed by atoms with van der Waals surface area (Å²) in [5, 5.41) is 7.67. The first-order valence-electron chi connectivity index (χ1n) is 6.23. The van der Waals surface area contributed by atoms with Crippen molar-refractivity contribution in [3.63, 3.8) is 0 Å². The second-order valence-corrected chi connectivity index (χ2v) is 4.61. The third-order valence-corrected chi connectivity index (χ3v) is 2.91. The zero-order chi connectivity index (χ0) is 14.7. The Bertz CT molecular complexity index is 586. The SMILES string of the molecule is C=C(/C=C\c1oc([C@@H]2NC(=O)NC2=O)cc1C)CNC. The van der Waals surface area contributed by atoms with Crippen molar-refractivity contribution in [3.05, 3.63) is 41.4 Å². The topological polar surface area (TPSA) is 83.4 Å². The number of amides is 3. The van der Waals surface area contributed by atoms with Crippen molar-refractivity contribution in [2.75, 3.05) is 13.6 Å². The minimum absolute atomic E-state index is 0.404. The fourth-order valence-electron chi connectivity index (χ4n) is 1.93. The molecule has 1 atom stereocenters. The molecule has 1 aromatic heterocycles. The highest BCUT2D eigenvalue weighted by molar-refractivity contribution is 6.04. The monoisotopic (exact) mass is 275 g/mol. The summed E-state index contributed by atoms with van der Waals surface area (Å²) < 4.78 is 5.62. The van der Waals surface area contributed by atoms with E-state index >= 15 is 0 Å². The van der Waals surface area contributed by atoms with Gasteiger partial charge in [-0.25, -0.2) is 4.79 Å². The first kappa shape index (κ1) is 14.1. The lowest BCUT2D eigenvalue weighted by Crippen LogP contribution is -2.22. The van der Waals surface area contributed by atoms with Crippen molar-refractivity contribution in [1.82, 2.24) is 16.0 Å². The molecule has 1 saturated heterocycles. The zero-order valence-electron chi connectivity index (χ0n) is 11.4. The van der Waals surface area contributed by atoms with E-state index in [0.717, 1.165) is 11.1 Å². The number of nitrogens with one attached hydrogen (secondary N) is 3. The van der Waals surface area contributed by atoms with Gasteiger partial charge in [-0.2, -0.15) is 0 Å². The van der Waals surface area contributed by atoms with Gasteiger partial charge in [0.1, 0.15) is 11.5 Å². The Morgan fingerprint density at radius 3 is 2.90 bits per heavy atom. The molecule has 0 aliphatic carbocycles. The van der Waals surface area contributed by atoms with E-state index < -0.39 is 18.0 Å². The number of aryl methyl sites for hydroxylation is 1. The van der Waals surface area contributed by atoms with Gasteiger partial charge < -0.3 is 15.1 Å². The summed E-state index contributed by atoms with van der Waals surface area (Å²) >= 11 is 0. The maximum absolute atomic E-state index is 11.6. The number of urea groups is 1. The van der Waals surface area contributed by atoms with Gasteiger partial charge in [-0.1, -0.05) is 12.7 Å². The molecule has 0 radical (unpaired) electrons. The highest BCUT2D eigenvalue weighted by Gasteiger charge is 2.33. The fraction of sp³-hybridized carbons (Fsp3) is 0.286. The maximum Gasteiger partial charge on any atom is 0.322 e. The Hall–Kier alpha value is -2.34. The highest BCUT2D eigenvalue weighted by atomic mass is 16.3. The molecule has 106 valence electrons. The number of hydrogen-bond acceptors (Lipinski definition) is 4. The molecule has 6 heteroatoms. The van der Waals surface area contributed by atoms with Crippen molar-refractivity contribution in [2.45, 2.75) is 13.0 Å². The molecule has 1 aromatic rings. The summed E-state index contributed by atoms with van der Waals surface area (Å²) in [6.07, 6.45) is 3.65. The lowest BCUT2D eigenvalue weighted by atomic mass is 10.2. The molecule has 1 fully saturated rings. The lowest BCUT2D eigenvalue weighted by molar-refractivity contribution is -0.120. The number of hydrogen-bond donors (Lipinski definition) is 3. The van der Waals surface area contributed by atoms with E-state index in [1.807, 2.05) is 20.0 Å². The van der Waals surface area contributed by atoms with Gasteiger partial charge in [-0.15, -0.1) is 0 Å². The smallest absolute Gasteiger partial charge is 0.322 e. The molecule has 0 aromatic carbocycles. The van der Waals surface area contributed by atoms with Crippen LogP contribution in [0.2, 0.25) is 0 Å². The molecule has 0 saturated carbocycles. The van der Waals surface area contributed by atoms with Crippen LogP contribution in [0.1, 0.15) is 23.1 Å². The molecule has 0 spiro atoms. The van der Waals surface area contributed by atoms with Crippen molar-refractivity contribution in [1.29, 1.82) is 0 Å². The van der Waals surface area contributed by atoms with Crippen molar-refractivity contribution >= 4 is 18.0 Å². The molecule has 1 aliphatic rings. The standard InChI is InChI=1S/C14H17N3O3/c1-8(7-15-3)4-5-10-9(2)6-11(20-10)12-13(18)17-14(19)16-12/h4-6,12,15H,1,7H2,2-3H3,(H2,16,17,18,19)/b5-4-/t12-/m0/s1. The first-order chi connectivity index (χ1) is 9.51. The predicted molar refractivity (Wildman–Crippen MR) is 75.0 cm³/mol. The van der Waals surface area contributed by atoms with Gasteiger partial charge >= 0.3 is 6.03 Å². The normalized spacial score (nSPS) is 18.4. The average molecular weight is 275 g/mol. The van der Waals surface area contributed by atoms with Crippen molar-refractivity contribution in [3.8, 4) is 0 Å². The third kappa shape index (κ3) is 2.97. The van der Waals surface area contributed by atoms with Gasteiger partial charge in [0.15, 0.2) is 6.04 Å². The lowest BCUT2D eigenvalue weighted by Gasteiger charge is -2.01. The molecular formula is C14H17N3O3. The van der Waals surface area contributed by atoms with Crippen LogP contribution in [-0.2, 0) is 4.79 Å². The van der Waals surface area contributed by atoms with Crippen LogP contribution in [0, 0.1) is 6.92 Å². The summed E-state index contributed by atoms with van der Waals surface area (Å²) in [7, 11) is 1.84. The summed E-state index contributed by atoms with van der Waals surface area (Å²) in [5.41, 5.74) is 1.80. The Morgan fingerprint density at radius 1 is 1.55 bits per heavy atom. The molecule has 2 heterocycles. The molecular weight excluding hydrogens is 258 g/mol. The fourth-order valence-corrected chi connectivity index (χ4v) is 1.93. The summed E-state index contributed by atoms with van der Waals surface area (Å²) in [6, 6.07) is 0.480. The largest absolute Gasteiger partial charge is 0.459 e. The van der Waals surface area contributed by atoms with Gasteiger partial charge in [0.2, 0.25) is 0 Å². The van der Waals surface area contributed by atoms with Crippen molar-refractivity contribution < 1.29 is 14.0 Å². The van der Waals surface area contributed by atoms with Crippen LogP contribution in [0.3, 0.4) is 0 Å². The van der Waals surface area contributed by atoms with E-state index in [4.69, 9.17) is 4.42 Å². The number of imide groups is 1. The second-order valence-electron chi connectivity index (χ2n) is 4.61. The highest BCUT2D eigenvalue weighted by Crippen LogP contribution is 2.24. The molecule has 3 N–H and O–H groups in total. The summed E-state index contributed by atoms with van der Waals surface area (Å²) in [4.78, 5) is 22.7. The van der Waals surface area contributed by atoms with Crippen LogP contribution in [0.25, 0.3) is 6.08 Å². The van der Waals surface area contributed by atoms with Crippen LogP contribution in [-0.4, -0.2) is 25.5 Å². The van der Waals surface area contributed by atoms with Crippen LogP contribution in [0.4, 0.5) is 4.79 Å². The van der Waals surface area contributed by atoms with Gasteiger partial charge in [0.25, 0.3) is 5.91 Å². The Labute approximate surface area is 116 Å². The summed E-state index contributed by atoms with van der Waals surface area (Å²) in [6.45, 7) is 6.45. The van der Waals surface area contributed by atoms with E-state index in [0.29, 0.717) is 18.1 Å². The van der Waals surface area contributed by atoms with Crippen LogP contribution < -0.4 is 16.0 Å².